The number of methoxy groups -OCH3 is 1. The van der Waals surface area contributed by atoms with Gasteiger partial charge < -0.3 is 14.8 Å². The Bertz CT molecular complexity index is 391. The molecule has 18 heavy (non-hydrogen) atoms. The van der Waals surface area contributed by atoms with Crippen molar-refractivity contribution in [1.29, 1.82) is 0 Å². The van der Waals surface area contributed by atoms with E-state index >= 15 is 0 Å². The third-order valence-corrected chi connectivity index (χ3v) is 3.62. The van der Waals surface area contributed by atoms with E-state index in [4.69, 9.17) is 21.1 Å². The number of ether oxygens (including phenoxy) is 2. The van der Waals surface area contributed by atoms with Crippen molar-refractivity contribution in [2.45, 2.75) is 19.4 Å². The zero-order valence-electron chi connectivity index (χ0n) is 10.9. The number of hydrogen-bond donors (Lipinski definition) is 1. The molecule has 2 atom stereocenters. The van der Waals surface area contributed by atoms with Crippen LogP contribution in [0, 0.1) is 12.8 Å². The maximum absolute atomic E-state index is 6.20. The summed E-state index contributed by atoms with van der Waals surface area (Å²) >= 11 is 6.20. The number of nitrogens with one attached hydrogen (secondary N) is 1. The highest BCUT2D eigenvalue weighted by atomic mass is 35.5. The fourth-order valence-corrected chi connectivity index (χ4v) is 2.57. The molecule has 0 aliphatic carbocycles. The summed E-state index contributed by atoms with van der Waals surface area (Å²) < 4.78 is 11.3. The first-order chi connectivity index (χ1) is 8.70. The van der Waals surface area contributed by atoms with Gasteiger partial charge in [0.15, 0.2) is 0 Å². The van der Waals surface area contributed by atoms with Gasteiger partial charge in [-0.1, -0.05) is 17.7 Å². The summed E-state index contributed by atoms with van der Waals surface area (Å²) in [5.74, 6) is 1.23. The Hall–Kier alpha value is -0.770. The molecule has 1 heterocycles. The highest BCUT2D eigenvalue weighted by Crippen LogP contribution is 2.28. The fraction of sp³-hybridized carbons (Fsp3) is 0.571. The van der Waals surface area contributed by atoms with Crippen LogP contribution in [0.4, 0.5) is 0 Å². The molecule has 1 aromatic carbocycles. The van der Waals surface area contributed by atoms with Gasteiger partial charge in [-0.15, -0.1) is 0 Å². The van der Waals surface area contributed by atoms with Crippen LogP contribution in [-0.4, -0.2) is 32.9 Å². The highest BCUT2D eigenvalue weighted by molar-refractivity contribution is 6.32. The minimum Gasteiger partial charge on any atom is -0.486 e. The zero-order chi connectivity index (χ0) is 13.0. The standard InChI is InChI=1S/C14H20ClNO2/c1-10-3-4-13(12(15)7-10)18-14(9-17-2)11-5-6-16-8-11/h3-4,7,11,14,16H,5-6,8-9H2,1-2H3/t11-,14-/m1/s1. The largest absolute Gasteiger partial charge is 0.486 e. The quantitative estimate of drug-likeness (QED) is 0.891. The van der Waals surface area contributed by atoms with E-state index in [1.54, 1.807) is 7.11 Å². The number of rotatable bonds is 5. The third kappa shape index (κ3) is 3.37. The van der Waals surface area contributed by atoms with Crippen LogP contribution >= 0.6 is 11.6 Å². The Kier molecular flexibility index (Phi) is 4.87. The first kappa shape index (κ1) is 13.7. The van der Waals surface area contributed by atoms with E-state index in [9.17, 15) is 0 Å². The summed E-state index contributed by atoms with van der Waals surface area (Å²) in [6.07, 6.45) is 1.18. The Labute approximate surface area is 113 Å². The molecule has 1 aromatic rings. The van der Waals surface area contributed by atoms with Gasteiger partial charge in [0.1, 0.15) is 11.9 Å². The van der Waals surface area contributed by atoms with E-state index in [0.29, 0.717) is 17.5 Å². The Morgan fingerprint density at radius 3 is 2.94 bits per heavy atom. The molecule has 1 fully saturated rings. The monoisotopic (exact) mass is 269 g/mol. The summed E-state index contributed by atoms with van der Waals surface area (Å²) in [7, 11) is 1.70. The van der Waals surface area contributed by atoms with Crippen molar-refractivity contribution >= 4 is 11.6 Å². The van der Waals surface area contributed by atoms with Gasteiger partial charge in [-0.3, -0.25) is 0 Å². The molecule has 0 aromatic heterocycles. The van der Waals surface area contributed by atoms with Crippen LogP contribution in [0.3, 0.4) is 0 Å². The van der Waals surface area contributed by atoms with Gasteiger partial charge in [0.05, 0.1) is 11.6 Å². The lowest BCUT2D eigenvalue weighted by Gasteiger charge is -2.24. The van der Waals surface area contributed by atoms with E-state index in [-0.39, 0.29) is 6.10 Å². The predicted molar refractivity (Wildman–Crippen MR) is 73.5 cm³/mol. The maximum Gasteiger partial charge on any atom is 0.138 e. The van der Waals surface area contributed by atoms with Crippen molar-refractivity contribution in [1.82, 2.24) is 5.32 Å². The molecule has 1 saturated heterocycles. The average molecular weight is 270 g/mol. The molecule has 1 N–H and O–H groups in total. The SMILES string of the molecule is COC[C@@H](Oc1ccc(C)cc1Cl)[C@@H]1CCNC1. The molecular weight excluding hydrogens is 250 g/mol. The van der Waals surface area contributed by atoms with Crippen molar-refractivity contribution < 1.29 is 9.47 Å². The van der Waals surface area contributed by atoms with Crippen LogP contribution in [0.1, 0.15) is 12.0 Å². The van der Waals surface area contributed by atoms with Crippen molar-refractivity contribution in [3.8, 4) is 5.75 Å². The van der Waals surface area contributed by atoms with Gasteiger partial charge in [-0.2, -0.15) is 0 Å². The van der Waals surface area contributed by atoms with Crippen molar-refractivity contribution in [3.63, 3.8) is 0 Å². The van der Waals surface area contributed by atoms with Gasteiger partial charge >= 0.3 is 0 Å². The van der Waals surface area contributed by atoms with Gasteiger partial charge in [0, 0.05) is 19.6 Å². The molecular formula is C14H20ClNO2. The van der Waals surface area contributed by atoms with E-state index < -0.39 is 0 Å². The van der Waals surface area contributed by atoms with Crippen LogP contribution in [-0.2, 0) is 4.74 Å². The minimum atomic E-state index is 0.0604. The number of benzene rings is 1. The molecule has 2 rings (SSSR count). The summed E-state index contributed by atoms with van der Waals surface area (Å²) in [6.45, 7) is 4.65. The maximum atomic E-state index is 6.20. The van der Waals surface area contributed by atoms with Crippen LogP contribution in [0.15, 0.2) is 18.2 Å². The van der Waals surface area contributed by atoms with Gasteiger partial charge in [-0.05, 0) is 37.6 Å². The molecule has 1 aliphatic heterocycles. The fourth-order valence-electron chi connectivity index (χ4n) is 2.29. The molecule has 0 radical (unpaired) electrons. The van der Waals surface area contributed by atoms with Crippen LogP contribution in [0.25, 0.3) is 0 Å². The van der Waals surface area contributed by atoms with E-state index in [2.05, 4.69) is 5.32 Å². The summed E-state index contributed by atoms with van der Waals surface area (Å²) in [5, 5.41) is 4.02. The van der Waals surface area contributed by atoms with Gasteiger partial charge in [-0.25, -0.2) is 0 Å². The first-order valence-corrected chi connectivity index (χ1v) is 6.71. The predicted octanol–water partition coefficient (Wildman–Crippen LogP) is 2.65. The lowest BCUT2D eigenvalue weighted by molar-refractivity contribution is 0.0483. The van der Waals surface area contributed by atoms with Crippen molar-refractivity contribution in [2.24, 2.45) is 5.92 Å². The van der Waals surface area contributed by atoms with E-state index in [1.807, 2.05) is 25.1 Å². The first-order valence-electron chi connectivity index (χ1n) is 6.33. The number of hydrogen-bond acceptors (Lipinski definition) is 3. The average Bonchev–Trinajstić information content (AvgIpc) is 2.85. The molecule has 0 amide bonds. The topological polar surface area (TPSA) is 30.5 Å². The van der Waals surface area contributed by atoms with Crippen molar-refractivity contribution in [3.05, 3.63) is 28.8 Å². The van der Waals surface area contributed by atoms with Gasteiger partial charge in [0.2, 0.25) is 0 Å². The molecule has 0 spiro atoms. The number of aryl methyl sites for hydroxylation is 1. The molecule has 100 valence electrons. The molecule has 4 heteroatoms. The van der Waals surface area contributed by atoms with E-state index in [1.165, 1.54) is 0 Å². The summed E-state index contributed by atoms with van der Waals surface area (Å²) in [5.41, 5.74) is 1.14. The minimum absolute atomic E-state index is 0.0604. The lowest BCUT2D eigenvalue weighted by atomic mass is 10.0. The molecule has 0 bridgehead atoms. The van der Waals surface area contributed by atoms with Crippen LogP contribution < -0.4 is 10.1 Å². The Morgan fingerprint density at radius 2 is 2.33 bits per heavy atom. The summed E-state index contributed by atoms with van der Waals surface area (Å²) in [6, 6.07) is 5.87. The zero-order valence-corrected chi connectivity index (χ0v) is 11.7. The molecule has 3 nitrogen and oxygen atoms in total. The Balaban J connectivity index is 2.07. The summed E-state index contributed by atoms with van der Waals surface area (Å²) in [4.78, 5) is 0. The second-order valence-electron chi connectivity index (χ2n) is 4.80. The normalized spacial score (nSPS) is 20.9. The smallest absolute Gasteiger partial charge is 0.138 e. The van der Waals surface area contributed by atoms with Crippen LogP contribution in [0.5, 0.6) is 5.75 Å². The molecule has 1 aliphatic rings. The lowest BCUT2D eigenvalue weighted by Crippen LogP contribution is -2.33. The molecule has 0 saturated carbocycles. The second kappa shape index (κ2) is 6.41. The van der Waals surface area contributed by atoms with Crippen molar-refractivity contribution in [2.75, 3.05) is 26.8 Å². The second-order valence-corrected chi connectivity index (χ2v) is 5.21. The Morgan fingerprint density at radius 1 is 1.50 bits per heavy atom. The van der Waals surface area contributed by atoms with E-state index in [0.717, 1.165) is 30.8 Å². The number of halogens is 1. The van der Waals surface area contributed by atoms with Gasteiger partial charge in [0.25, 0.3) is 0 Å². The van der Waals surface area contributed by atoms with Crippen LogP contribution in [0.2, 0.25) is 5.02 Å². The molecule has 0 unspecified atom stereocenters. The highest BCUT2D eigenvalue weighted by Gasteiger charge is 2.27. The third-order valence-electron chi connectivity index (χ3n) is 3.32.